The van der Waals surface area contributed by atoms with E-state index in [-0.39, 0.29) is 0 Å². The van der Waals surface area contributed by atoms with Crippen LogP contribution in [-0.4, -0.2) is 28.0 Å². The second-order valence-corrected chi connectivity index (χ2v) is 10.0. The monoisotopic (exact) mass is 493 g/mol. The molecule has 5 rings (SSSR count). The molecule has 6 nitrogen and oxygen atoms in total. The Labute approximate surface area is 208 Å². The molecule has 3 heterocycles. The highest BCUT2D eigenvalue weighted by Crippen LogP contribution is 2.41. The van der Waals surface area contributed by atoms with Crippen molar-refractivity contribution in [2.45, 2.75) is 39.2 Å². The summed E-state index contributed by atoms with van der Waals surface area (Å²) in [6.45, 7) is 4.66. The van der Waals surface area contributed by atoms with Gasteiger partial charge < -0.3 is 15.4 Å². The number of pyridine rings is 1. The summed E-state index contributed by atoms with van der Waals surface area (Å²) in [7, 11) is 0. The molecule has 0 spiro atoms. The number of aromatic nitrogens is 3. The molecule has 0 saturated carbocycles. The highest BCUT2D eigenvalue weighted by molar-refractivity contribution is 7.19. The Hall–Kier alpha value is -2.74. The Bertz CT molecular complexity index is 1260. The van der Waals surface area contributed by atoms with E-state index in [1.807, 2.05) is 47.7 Å². The zero-order chi connectivity index (χ0) is 23.3. The lowest BCUT2D eigenvalue weighted by Crippen LogP contribution is -2.21. The van der Waals surface area contributed by atoms with Gasteiger partial charge >= 0.3 is 0 Å². The quantitative estimate of drug-likeness (QED) is 0.272. The lowest BCUT2D eigenvalue weighted by atomic mass is 9.86. The van der Waals surface area contributed by atoms with Gasteiger partial charge in [-0.05, 0) is 80.6 Å². The molecule has 34 heavy (non-hydrogen) atoms. The molecule has 1 unspecified atom stereocenters. The largest absolute Gasteiger partial charge is 0.486 e. The number of fused-ring (bicyclic) bond motifs is 3. The Balaban J connectivity index is 1.32. The third kappa shape index (κ3) is 5.17. The predicted molar refractivity (Wildman–Crippen MR) is 139 cm³/mol. The van der Waals surface area contributed by atoms with E-state index < -0.39 is 0 Å². The van der Waals surface area contributed by atoms with Crippen molar-refractivity contribution in [1.29, 1.82) is 0 Å². The minimum atomic E-state index is 0.371. The first kappa shape index (κ1) is 23.0. The number of rotatable bonds is 9. The third-order valence-corrected chi connectivity index (χ3v) is 7.68. The van der Waals surface area contributed by atoms with E-state index in [1.165, 1.54) is 23.3 Å². The highest BCUT2D eigenvalue weighted by atomic mass is 35.5. The van der Waals surface area contributed by atoms with Crippen LogP contribution < -0.4 is 15.4 Å². The number of nitrogens with one attached hydrogen (secondary N) is 2. The summed E-state index contributed by atoms with van der Waals surface area (Å²) in [5.41, 5.74) is 3.13. The number of ether oxygens (including phenoxy) is 1. The van der Waals surface area contributed by atoms with Crippen LogP contribution in [0.3, 0.4) is 0 Å². The van der Waals surface area contributed by atoms with Gasteiger partial charge in [0.2, 0.25) is 0 Å². The average molecular weight is 494 g/mol. The molecular formula is C26H28ClN5OS. The third-order valence-electron chi connectivity index (χ3n) is 6.22. The van der Waals surface area contributed by atoms with Gasteiger partial charge in [0, 0.05) is 16.8 Å². The van der Waals surface area contributed by atoms with Gasteiger partial charge in [0.05, 0.1) is 16.1 Å². The maximum Gasteiger partial charge on any atom is 0.142 e. The van der Waals surface area contributed by atoms with Gasteiger partial charge in [-0.2, -0.15) is 0 Å². The Morgan fingerprint density at radius 2 is 2.12 bits per heavy atom. The number of hydrogen-bond acceptors (Lipinski definition) is 7. The number of anilines is 2. The lowest BCUT2D eigenvalue weighted by molar-refractivity contribution is 0.301. The van der Waals surface area contributed by atoms with Gasteiger partial charge in [0.25, 0.3) is 0 Å². The fourth-order valence-corrected chi connectivity index (χ4v) is 6.01. The SMILES string of the molecule is CCNCCC1CCc2c(sc3ncnc(Nc4ccc(OCc5ccccn5)c(Cl)c4)c23)C1. The molecule has 1 aliphatic rings. The normalized spacial score (nSPS) is 15.3. The fraction of sp³-hybridized carbons (Fsp3) is 0.346. The van der Waals surface area contributed by atoms with Crippen LogP contribution in [0.4, 0.5) is 11.5 Å². The van der Waals surface area contributed by atoms with Crippen molar-refractivity contribution in [3.63, 3.8) is 0 Å². The van der Waals surface area contributed by atoms with Crippen molar-refractivity contribution in [1.82, 2.24) is 20.3 Å². The van der Waals surface area contributed by atoms with Crippen LogP contribution in [0.2, 0.25) is 5.02 Å². The van der Waals surface area contributed by atoms with Gasteiger partial charge in [0.1, 0.15) is 29.3 Å². The summed E-state index contributed by atoms with van der Waals surface area (Å²) in [4.78, 5) is 16.0. The molecule has 3 aromatic heterocycles. The molecule has 0 aliphatic heterocycles. The van der Waals surface area contributed by atoms with Gasteiger partial charge in [-0.3, -0.25) is 4.98 Å². The molecule has 176 valence electrons. The number of halogens is 1. The van der Waals surface area contributed by atoms with Gasteiger partial charge in [0.15, 0.2) is 0 Å². The molecule has 0 fully saturated rings. The minimum Gasteiger partial charge on any atom is -0.486 e. The van der Waals surface area contributed by atoms with Crippen LogP contribution in [0.25, 0.3) is 10.2 Å². The van der Waals surface area contributed by atoms with Crippen molar-refractivity contribution >= 4 is 44.7 Å². The van der Waals surface area contributed by atoms with E-state index in [1.54, 1.807) is 12.5 Å². The van der Waals surface area contributed by atoms with Crippen molar-refractivity contribution in [2.24, 2.45) is 5.92 Å². The summed E-state index contributed by atoms with van der Waals surface area (Å²) >= 11 is 8.34. The molecule has 0 saturated heterocycles. The van der Waals surface area contributed by atoms with Gasteiger partial charge in [-0.25, -0.2) is 9.97 Å². The lowest BCUT2D eigenvalue weighted by Gasteiger charge is -2.22. The maximum atomic E-state index is 6.52. The molecular weight excluding hydrogens is 466 g/mol. The number of aryl methyl sites for hydroxylation is 1. The Morgan fingerprint density at radius 1 is 1.18 bits per heavy atom. The summed E-state index contributed by atoms with van der Waals surface area (Å²) in [6.07, 6.45) is 8.05. The van der Waals surface area contributed by atoms with Crippen LogP contribution >= 0.6 is 22.9 Å². The van der Waals surface area contributed by atoms with E-state index in [9.17, 15) is 0 Å². The molecule has 0 amide bonds. The molecule has 2 N–H and O–H groups in total. The van der Waals surface area contributed by atoms with E-state index in [0.717, 1.165) is 59.3 Å². The predicted octanol–water partition coefficient (Wildman–Crippen LogP) is 6.17. The fourth-order valence-electron chi connectivity index (χ4n) is 4.47. The van der Waals surface area contributed by atoms with Crippen molar-refractivity contribution in [3.8, 4) is 5.75 Å². The molecule has 8 heteroatoms. The van der Waals surface area contributed by atoms with Crippen LogP contribution in [-0.2, 0) is 19.4 Å². The summed E-state index contributed by atoms with van der Waals surface area (Å²) in [5, 5.41) is 8.62. The van der Waals surface area contributed by atoms with Crippen molar-refractivity contribution in [2.75, 3.05) is 18.4 Å². The van der Waals surface area contributed by atoms with Crippen molar-refractivity contribution in [3.05, 3.63) is 70.1 Å². The second kappa shape index (κ2) is 10.7. The number of hydrogen-bond donors (Lipinski definition) is 2. The van der Waals surface area contributed by atoms with Crippen LogP contribution in [0.1, 0.15) is 35.9 Å². The first-order valence-corrected chi connectivity index (χ1v) is 13.0. The molecule has 0 radical (unpaired) electrons. The highest BCUT2D eigenvalue weighted by Gasteiger charge is 2.25. The van der Waals surface area contributed by atoms with Crippen LogP contribution in [0.15, 0.2) is 48.9 Å². The number of nitrogens with zero attached hydrogens (tertiary/aromatic N) is 3. The average Bonchev–Trinajstić information content (AvgIpc) is 3.23. The van der Waals surface area contributed by atoms with Gasteiger partial charge in [-0.1, -0.05) is 24.6 Å². The minimum absolute atomic E-state index is 0.371. The molecule has 1 aromatic carbocycles. The number of thiophene rings is 1. The number of benzene rings is 1. The maximum absolute atomic E-state index is 6.52. The second-order valence-electron chi connectivity index (χ2n) is 8.54. The van der Waals surface area contributed by atoms with Crippen molar-refractivity contribution < 1.29 is 4.74 Å². The smallest absolute Gasteiger partial charge is 0.142 e. The zero-order valence-electron chi connectivity index (χ0n) is 19.2. The molecule has 1 aliphatic carbocycles. The van der Waals surface area contributed by atoms with E-state index >= 15 is 0 Å². The van der Waals surface area contributed by atoms with E-state index in [2.05, 4.69) is 32.5 Å². The summed E-state index contributed by atoms with van der Waals surface area (Å²) in [5.74, 6) is 2.20. The molecule has 4 aromatic rings. The Kier molecular flexibility index (Phi) is 7.23. The summed E-state index contributed by atoms with van der Waals surface area (Å²) < 4.78 is 5.85. The first-order chi connectivity index (χ1) is 16.7. The standard InChI is InChI=1S/C26H28ClN5OS/c1-2-28-12-10-17-6-8-20-23(13-17)34-26-24(20)25(30-16-31-26)32-18-7-9-22(21(27)14-18)33-15-19-5-3-4-11-29-19/h3-5,7,9,11,14,16-17,28H,2,6,8,10,12-13,15H2,1H3,(H,30,31,32). The van der Waals surface area contributed by atoms with Crippen LogP contribution in [0.5, 0.6) is 5.75 Å². The van der Waals surface area contributed by atoms with Gasteiger partial charge in [-0.15, -0.1) is 11.3 Å². The Morgan fingerprint density at radius 3 is 2.94 bits per heavy atom. The van der Waals surface area contributed by atoms with E-state index in [4.69, 9.17) is 16.3 Å². The topological polar surface area (TPSA) is 72.0 Å². The van der Waals surface area contributed by atoms with Crippen LogP contribution in [0, 0.1) is 5.92 Å². The molecule has 1 atom stereocenters. The van der Waals surface area contributed by atoms with E-state index in [0.29, 0.717) is 17.4 Å². The summed E-state index contributed by atoms with van der Waals surface area (Å²) in [6, 6.07) is 11.5. The molecule has 0 bridgehead atoms. The zero-order valence-corrected chi connectivity index (χ0v) is 20.8. The first-order valence-electron chi connectivity index (χ1n) is 11.8.